The van der Waals surface area contributed by atoms with Gasteiger partial charge in [0.1, 0.15) is 18.1 Å². The molecular formula is C20H19Cl2NO5. The first-order chi connectivity index (χ1) is 13.4. The number of likely N-dealkylation sites (tertiary alicyclic amines) is 1. The Hall–Kier alpha value is -2.44. The molecular weight excluding hydrogens is 405 g/mol. The molecule has 6 nitrogen and oxygen atoms in total. The van der Waals surface area contributed by atoms with E-state index in [0.717, 1.165) is 5.56 Å². The molecule has 148 valence electrons. The number of nitrogens with zero attached hydrogens (tertiary/aromatic N) is 1. The molecule has 1 amide bonds. The number of hydrogen-bond donors (Lipinski definition) is 1. The molecule has 1 fully saturated rings. The van der Waals surface area contributed by atoms with Gasteiger partial charge in [0.25, 0.3) is 0 Å². The SMILES string of the molecule is O=C(O)COc1cccc(CN2C(=O)CC[C@@H]2COc2cc(Cl)cc(Cl)c2)c1. The van der Waals surface area contributed by atoms with E-state index in [0.29, 0.717) is 47.5 Å². The van der Waals surface area contributed by atoms with Gasteiger partial charge in [-0.05, 0) is 42.3 Å². The third kappa shape index (κ3) is 5.53. The lowest BCUT2D eigenvalue weighted by Crippen LogP contribution is -2.36. The Morgan fingerprint density at radius 3 is 2.57 bits per heavy atom. The van der Waals surface area contributed by atoms with E-state index >= 15 is 0 Å². The number of amides is 1. The number of carbonyl (C=O) groups excluding carboxylic acids is 1. The van der Waals surface area contributed by atoms with Crippen molar-refractivity contribution in [3.05, 3.63) is 58.1 Å². The van der Waals surface area contributed by atoms with Crippen molar-refractivity contribution in [1.82, 2.24) is 4.90 Å². The van der Waals surface area contributed by atoms with Crippen LogP contribution in [-0.4, -0.2) is 41.1 Å². The average molecular weight is 424 g/mol. The minimum absolute atomic E-state index is 0.0505. The average Bonchev–Trinajstić information content (AvgIpc) is 2.98. The largest absolute Gasteiger partial charge is 0.491 e. The monoisotopic (exact) mass is 423 g/mol. The Labute approximate surface area is 172 Å². The summed E-state index contributed by atoms with van der Waals surface area (Å²) in [6, 6.07) is 12.0. The fraction of sp³-hybridized carbons (Fsp3) is 0.300. The molecule has 0 spiro atoms. The second-order valence-electron chi connectivity index (χ2n) is 6.46. The summed E-state index contributed by atoms with van der Waals surface area (Å²) in [5.74, 6) is 0.0156. The second-order valence-corrected chi connectivity index (χ2v) is 7.33. The van der Waals surface area contributed by atoms with E-state index in [-0.39, 0.29) is 11.9 Å². The number of carbonyl (C=O) groups is 2. The normalized spacial score (nSPS) is 16.3. The van der Waals surface area contributed by atoms with E-state index in [9.17, 15) is 9.59 Å². The van der Waals surface area contributed by atoms with Crippen molar-refractivity contribution < 1.29 is 24.2 Å². The Morgan fingerprint density at radius 2 is 1.86 bits per heavy atom. The van der Waals surface area contributed by atoms with Crippen LogP contribution in [0.3, 0.4) is 0 Å². The van der Waals surface area contributed by atoms with Crippen molar-refractivity contribution in [3.8, 4) is 11.5 Å². The zero-order chi connectivity index (χ0) is 20.1. The van der Waals surface area contributed by atoms with Gasteiger partial charge >= 0.3 is 5.97 Å². The number of carboxylic acids is 1. The van der Waals surface area contributed by atoms with Crippen molar-refractivity contribution in [2.75, 3.05) is 13.2 Å². The number of ether oxygens (including phenoxy) is 2. The maximum Gasteiger partial charge on any atom is 0.341 e. The molecule has 2 aromatic carbocycles. The Balaban J connectivity index is 1.64. The number of halogens is 2. The molecule has 1 saturated heterocycles. The van der Waals surface area contributed by atoms with Crippen LogP contribution in [-0.2, 0) is 16.1 Å². The van der Waals surface area contributed by atoms with Crippen molar-refractivity contribution >= 4 is 35.1 Å². The minimum atomic E-state index is -1.04. The van der Waals surface area contributed by atoms with Crippen LogP contribution in [0.1, 0.15) is 18.4 Å². The first-order valence-electron chi connectivity index (χ1n) is 8.72. The third-order valence-electron chi connectivity index (χ3n) is 4.34. The van der Waals surface area contributed by atoms with Crippen LogP contribution in [0.25, 0.3) is 0 Å². The quantitative estimate of drug-likeness (QED) is 0.693. The molecule has 28 heavy (non-hydrogen) atoms. The van der Waals surface area contributed by atoms with Crippen LogP contribution in [0.4, 0.5) is 0 Å². The van der Waals surface area contributed by atoms with E-state index < -0.39 is 12.6 Å². The van der Waals surface area contributed by atoms with Gasteiger partial charge in [0.15, 0.2) is 6.61 Å². The fourth-order valence-corrected chi connectivity index (χ4v) is 3.57. The molecule has 0 unspecified atom stereocenters. The molecule has 0 saturated carbocycles. The van der Waals surface area contributed by atoms with Gasteiger partial charge < -0.3 is 19.5 Å². The summed E-state index contributed by atoms with van der Waals surface area (Å²) in [5.41, 5.74) is 0.855. The smallest absolute Gasteiger partial charge is 0.341 e. The van der Waals surface area contributed by atoms with Gasteiger partial charge in [0.2, 0.25) is 5.91 Å². The number of hydrogen-bond acceptors (Lipinski definition) is 4. The van der Waals surface area contributed by atoms with Gasteiger partial charge in [-0.2, -0.15) is 0 Å². The summed E-state index contributed by atoms with van der Waals surface area (Å²) in [4.78, 5) is 24.7. The van der Waals surface area contributed by atoms with E-state index in [1.807, 2.05) is 6.07 Å². The predicted octanol–water partition coefficient (Wildman–Crippen LogP) is 4.03. The van der Waals surface area contributed by atoms with E-state index in [2.05, 4.69) is 0 Å². The lowest BCUT2D eigenvalue weighted by molar-refractivity contribution is -0.139. The highest BCUT2D eigenvalue weighted by Crippen LogP contribution is 2.27. The fourth-order valence-electron chi connectivity index (χ4n) is 3.06. The molecule has 1 aliphatic heterocycles. The van der Waals surface area contributed by atoms with Crippen LogP contribution in [0, 0.1) is 0 Å². The topological polar surface area (TPSA) is 76.1 Å². The Bertz CT molecular complexity index is 853. The van der Waals surface area contributed by atoms with Gasteiger partial charge in [0.05, 0.1) is 6.04 Å². The molecule has 1 N–H and O–H groups in total. The molecule has 0 bridgehead atoms. The van der Waals surface area contributed by atoms with Crippen molar-refractivity contribution in [2.45, 2.75) is 25.4 Å². The van der Waals surface area contributed by atoms with Crippen LogP contribution in [0.2, 0.25) is 10.0 Å². The summed E-state index contributed by atoms with van der Waals surface area (Å²) >= 11 is 12.0. The van der Waals surface area contributed by atoms with Gasteiger partial charge in [-0.1, -0.05) is 35.3 Å². The molecule has 1 atom stereocenters. The maximum atomic E-state index is 12.3. The summed E-state index contributed by atoms with van der Waals surface area (Å²) in [6.45, 7) is 0.315. The number of aliphatic carboxylic acids is 1. The van der Waals surface area contributed by atoms with Crippen molar-refractivity contribution in [1.29, 1.82) is 0 Å². The molecule has 1 aliphatic rings. The minimum Gasteiger partial charge on any atom is -0.491 e. The summed E-state index contributed by atoms with van der Waals surface area (Å²) in [5, 5.41) is 9.69. The molecule has 0 radical (unpaired) electrons. The first kappa shape index (κ1) is 20.3. The van der Waals surface area contributed by atoms with E-state index in [1.165, 1.54) is 0 Å². The van der Waals surface area contributed by atoms with Crippen molar-refractivity contribution in [3.63, 3.8) is 0 Å². The first-order valence-corrected chi connectivity index (χ1v) is 9.48. The number of rotatable bonds is 8. The van der Waals surface area contributed by atoms with Gasteiger partial charge in [-0.3, -0.25) is 4.79 Å². The molecule has 8 heteroatoms. The summed E-state index contributed by atoms with van der Waals surface area (Å²) in [7, 11) is 0. The van der Waals surface area contributed by atoms with E-state index in [4.69, 9.17) is 37.8 Å². The van der Waals surface area contributed by atoms with Gasteiger partial charge in [-0.25, -0.2) is 4.79 Å². The highest BCUT2D eigenvalue weighted by atomic mass is 35.5. The third-order valence-corrected chi connectivity index (χ3v) is 4.78. The maximum absolute atomic E-state index is 12.3. The molecule has 0 aromatic heterocycles. The highest BCUT2D eigenvalue weighted by molar-refractivity contribution is 6.34. The van der Waals surface area contributed by atoms with Crippen molar-refractivity contribution in [2.24, 2.45) is 0 Å². The zero-order valence-corrected chi connectivity index (χ0v) is 16.4. The number of benzene rings is 2. The van der Waals surface area contributed by atoms with Crippen LogP contribution < -0.4 is 9.47 Å². The Morgan fingerprint density at radius 1 is 1.11 bits per heavy atom. The predicted molar refractivity (Wildman–Crippen MR) is 105 cm³/mol. The summed E-state index contributed by atoms with van der Waals surface area (Å²) < 4.78 is 11.0. The molecule has 1 heterocycles. The van der Waals surface area contributed by atoms with Crippen LogP contribution in [0.15, 0.2) is 42.5 Å². The van der Waals surface area contributed by atoms with E-state index in [1.54, 1.807) is 41.3 Å². The molecule has 2 aromatic rings. The standard InChI is InChI=1S/C20H19Cl2NO5/c21-14-7-15(22)9-18(8-14)27-11-16-4-5-19(24)23(16)10-13-2-1-3-17(6-13)28-12-20(25)26/h1-3,6-9,16H,4-5,10-12H2,(H,25,26)/t16-/m1/s1. The Kier molecular flexibility index (Phi) is 6.65. The van der Waals surface area contributed by atoms with Gasteiger partial charge in [-0.15, -0.1) is 0 Å². The lowest BCUT2D eigenvalue weighted by Gasteiger charge is -2.25. The van der Waals surface area contributed by atoms with Crippen LogP contribution in [0.5, 0.6) is 11.5 Å². The summed E-state index contributed by atoms with van der Waals surface area (Å²) in [6.07, 6.45) is 1.15. The van der Waals surface area contributed by atoms with Gasteiger partial charge in [0, 0.05) is 23.0 Å². The second kappa shape index (κ2) is 9.17. The number of carboxylic acid groups (broad SMARTS) is 1. The molecule has 3 rings (SSSR count). The lowest BCUT2D eigenvalue weighted by atomic mass is 10.2. The zero-order valence-electron chi connectivity index (χ0n) is 14.9. The highest BCUT2D eigenvalue weighted by Gasteiger charge is 2.31. The molecule has 0 aliphatic carbocycles. The van der Waals surface area contributed by atoms with Crippen LogP contribution >= 0.6 is 23.2 Å².